The Balaban J connectivity index is 1.79. The molecule has 1 aliphatic rings. The first kappa shape index (κ1) is 16.1. The van der Waals surface area contributed by atoms with Crippen LogP contribution in [0.5, 0.6) is 0 Å². The Morgan fingerprint density at radius 1 is 1.35 bits per heavy atom. The van der Waals surface area contributed by atoms with Gasteiger partial charge in [-0.2, -0.15) is 5.10 Å². The van der Waals surface area contributed by atoms with E-state index in [1.165, 1.54) is 19.3 Å². The summed E-state index contributed by atoms with van der Waals surface area (Å²) in [7, 11) is 1.90. The molecular weight excluding hydrogens is 356 g/mol. The second kappa shape index (κ2) is 7.17. The fourth-order valence-electron chi connectivity index (χ4n) is 3.10. The summed E-state index contributed by atoms with van der Waals surface area (Å²) < 4.78 is 2.73. The van der Waals surface area contributed by atoms with Crippen LogP contribution in [0.15, 0.2) is 34.9 Å². The fraction of sp³-hybridized carbons (Fsp3) is 0.412. The van der Waals surface area contributed by atoms with Crippen LogP contribution in [0.2, 0.25) is 0 Å². The number of hydrogen-bond donors (Lipinski definition) is 1. The highest BCUT2D eigenvalue weighted by molar-refractivity contribution is 9.10. The van der Waals surface area contributed by atoms with Crippen LogP contribution in [0.3, 0.4) is 0 Å². The van der Waals surface area contributed by atoms with E-state index in [0.717, 1.165) is 40.7 Å². The average molecular weight is 377 g/mol. The van der Waals surface area contributed by atoms with E-state index < -0.39 is 0 Å². The molecule has 1 amide bonds. The zero-order chi connectivity index (χ0) is 16.2. The molecule has 122 valence electrons. The minimum atomic E-state index is 0.284. The van der Waals surface area contributed by atoms with Crippen molar-refractivity contribution < 1.29 is 4.79 Å². The maximum atomic E-state index is 11.5. The van der Waals surface area contributed by atoms with Crippen molar-refractivity contribution in [1.82, 2.24) is 14.8 Å². The minimum absolute atomic E-state index is 0.284. The fourth-order valence-corrected chi connectivity index (χ4v) is 3.71. The highest BCUT2D eigenvalue weighted by Gasteiger charge is 2.20. The van der Waals surface area contributed by atoms with E-state index in [2.05, 4.69) is 26.5 Å². The molecular formula is C17H21BrN4O. The van der Waals surface area contributed by atoms with Crippen molar-refractivity contribution in [2.75, 3.05) is 5.43 Å². The van der Waals surface area contributed by atoms with E-state index in [0.29, 0.717) is 0 Å². The molecule has 1 aliphatic carbocycles. The predicted octanol–water partition coefficient (Wildman–Crippen LogP) is 3.97. The van der Waals surface area contributed by atoms with Crippen molar-refractivity contribution >= 4 is 28.0 Å². The van der Waals surface area contributed by atoms with E-state index >= 15 is 0 Å². The third-order valence-corrected chi connectivity index (χ3v) is 4.84. The van der Waals surface area contributed by atoms with Gasteiger partial charge in [-0.05, 0) is 40.9 Å². The molecule has 1 aromatic heterocycles. The normalized spacial score (nSPS) is 15.4. The zero-order valence-corrected chi connectivity index (χ0v) is 14.8. The SMILES string of the molecule is Cn1cc(Br)c(-c2cccc(NN(C=O)C3CCCCC3)c2)n1. The lowest BCUT2D eigenvalue weighted by Gasteiger charge is -2.32. The quantitative estimate of drug-likeness (QED) is 0.634. The number of anilines is 1. The molecule has 0 aliphatic heterocycles. The molecule has 0 atom stereocenters. The van der Waals surface area contributed by atoms with Crippen LogP contribution in [0.4, 0.5) is 5.69 Å². The van der Waals surface area contributed by atoms with Gasteiger partial charge in [-0.25, -0.2) is 0 Å². The Labute approximate surface area is 144 Å². The Morgan fingerprint density at radius 2 is 2.13 bits per heavy atom. The molecule has 1 heterocycles. The first-order valence-corrected chi connectivity index (χ1v) is 8.76. The Kier molecular flexibility index (Phi) is 5.00. The second-order valence-corrected chi connectivity index (χ2v) is 6.85. The van der Waals surface area contributed by atoms with Gasteiger partial charge in [0, 0.05) is 18.8 Å². The topological polar surface area (TPSA) is 50.2 Å². The van der Waals surface area contributed by atoms with Gasteiger partial charge in [-0.3, -0.25) is 19.9 Å². The largest absolute Gasteiger partial charge is 0.296 e. The van der Waals surface area contributed by atoms with Gasteiger partial charge in [0.15, 0.2) is 0 Å². The van der Waals surface area contributed by atoms with Crippen LogP contribution in [0.25, 0.3) is 11.3 Å². The summed E-state index contributed by atoms with van der Waals surface area (Å²) in [5, 5.41) is 6.18. The highest BCUT2D eigenvalue weighted by Crippen LogP contribution is 2.29. The van der Waals surface area contributed by atoms with Gasteiger partial charge in [-0.15, -0.1) is 0 Å². The zero-order valence-electron chi connectivity index (χ0n) is 13.2. The Hall–Kier alpha value is -1.82. The molecule has 0 radical (unpaired) electrons. The predicted molar refractivity (Wildman–Crippen MR) is 94.7 cm³/mol. The van der Waals surface area contributed by atoms with Gasteiger partial charge < -0.3 is 0 Å². The number of halogens is 1. The number of amides is 1. The summed E-state index contributed by atoms with van der Waals surface area (Å²) in [6.45, 7) is 0. The summed E-state index contributed by atoms with van der Waals surface area (Å²) >= 11 is 3.54. The number of carbonyl (C=O) groups is 1. The summed E-state index contributed by atoms with van der Waals surface area (Å²) in [6.07, 6.45) is 8.62. The minimum Gasteiger partial charge on any atom is -0.296 e. The van der Waals surface area contributed by atoms with Crippen molar-refractivity contribution in [3.63, 3.8) is 0 Å². The van der Waals surface area contributed by atoms with E-state index in [1.54, 1.807) is 9.69 Å². The van der Waals surface area contributed by atoms with Gasteiger partial charge in [0.05, 0.1) is 16.2 Å². The summed E-state index contributed by atoms with van der Waals surface area (Å²) in [6, 6.07) is 8.27. The molecule has 23 heavy (non-hydrogen) atoms. The summed E-state index contributed by atoms with van der Waals surface area (Å²) in [4.78, 5) is 11.5. The molecule has 1 saturated carbocycles. The van der Waals surface area contributed by atoms with Gasteiger partial charge in [0.2, 0.25) is 6.41 Å². The van der Waals surface area contributed by atoms with Gasteiger partial charge in [-0.1, -0.05) is 31.4 Å². The van der Waals surface area contributed by atoms with Crippen LogP contribution < -0.4 is 5.43 Å². The van der Waals surface area contributed by atoms with Crippen molar-refractivity contribution in [2.24, 2.45) is 7.05 Å². The van der Waals surface area contributed by atoms with Crippen LogP contribution in [0, 0.1) is 0 Å². The third kappa shape index (κ3) is 3.75. The molecule has 0 spiro atoms. The number of benzene rings is 1. The molecule has 6 heteroatoms. The first-order chi connectivity index (χ1) is 11.2. The number of aryl methyl sites for hydroxylation is 1. The Morgan fingerprint density at radius 3 is 2.78 bits per heavy atom. The smallest absolute Gasteiger partial charge is 0.228 e. The van der Waals surface area contributed by atoms with Crippen LogP contribution in [-0.4, -0.2) is 27.2 Å². The van der Waals surface area contributed by atoms with Crippen LogP contribution in [-0.2, 0) is 11.8 Å². The summed E-state index contributed by atoms with van der Waals surface area (Å²) in [5.41, 5.74) is 6.06. The van der Waals surface area contributed by atoms with Crippen molar-refractivity contribution in [3.05, 3.63) is 34.9 Å². The molecule has 3 rings (SSSR count). The lowest BCUT2D eigenvalue weighted by Crippen LogP contribution is -2.39. The maximum Gasteiger partial charge on any atom is 0.228 e. The van der Waals surface area contributed by atoms with E-state index in [9.17, 15) is 4.79 Å². The number of nitrogens with zero attached hydrogens (tertiary/aromatic N) is 3. The molecule has 1 N–H and O–H groups in total. The number of carbonyl (C=O) groups excluding carboxylic acids is 1. The van der Waals surface area contributed by atoms with Crippen molar-refractivity contribution in [1.29, 1.82) is 0 Å². The van der Waals surface area contributed by atoms with E-state index in [-0.39, 0.29) is 6.04 Å². The Bertz CT molecular complexity index is 679. The number of hydrogen-bond acceptors (Lipinski definition) is 3. The molecule has 5 nitrogen and oxygen atoms in total. The number of hydrazine groups is 1. The molecule has 1 aromatic carbocycles. The standard InChI is InChI=1S/C17H21BrN4O/c1-21-11-16(18)17(20-21)13-6-5-7-14(10-13)19-22(12-23)15-8-3-2-4-9-15/h5-7,10-12,15,19H,2-4,8-9H2,1H3. The van der Waals surface area contributed by atoms with Crippen molar-refractivity contribution in [2.45, 2.75) is 38.1 Å². The highest BCUT2D eigenvalue weighted by atomic mass is 79.9. The van der Waals surface area contributed by atoms with Crippen LogP contribution >= 0.6 is 15.9 Å². The van der Waals surface area contributed by atoms with E-state index in [1.807, 2.05) is 37.5 Å². The molecule has 0 saturated heterocycles. The van der Waals surface area contributed by atoms with Gasteiger partial charge in [0.1, 0.15) is 5.69 Å². The van der Waals surface area contributed by atoms with E-state index in [4.69, 9.17) is 0 Å². The number of aromatic nitrogens is 2. The lowest BCUT2D eigenvalue weighted by molar-refractivity contribution is -0.119. The maximum absolute atomic E-state index is 11.5. The number of nitrogens with one attached hydrogen (secondary N) is 1. The molecule has 0 unspecified atom stereocenters. The monoisotopic (exact) mass is 376 g/mol. The first-order valence-electron chi connectivity index (χ1n) is 7.97. The average Bonchev–Trinajstić information content (AvgIpc) is 2.92. The molecule has 1 fully saturated rings. The van der Waals surface area contributed by atoms with Crippen molar-refractivity contribution in [3.8, 4) is 11.3 Å². The van der Waals surface area contributed by atoms with Gasteiger partial charge >= 0.3 is 0 Å². The second-order valence-electron chi connectivity index (χ2n) is 6.00. The van der Waals surface area contributed by atoms with Crippen LogP contribution in [0.1, 0.15) is 32.1 Å². The molecule has 2 aromatic rings. The molecule has 0 bridgehead atoms. The third-order valence-electron chi connectivity index (χ3n) is 4.26. The van der Waals surface area contributed by atoms with Gasteiger partial charge in [0.25, 0.3) is 0 Å². The number of rotatable bonds is 5. The summed E-state index contributed by atoms with van der Waals surface area (Å²) in [5.74, 6) is 0. The lowest BCUT2D eigenvalue weighted by atomic mass is 9.95.